The van der Waals surface area contributed by atoms with Gasteiger partial charge in [-0.05, 0) is 49.7 Å². The van der Waals surface area contributed by atoms with Gasteiger partial charge in [-0.15, -0.1) is 0 Å². The molecule has 4 rings (SSSR count). The van der Waals surface area contributed by atoms with Crippen LogP contribution in [0.1, 0.15) is 12.5 Å². The zero-order valence-electron chi connectivity index (χ0n) is 15.8. The molecule has 2 aromatic carbocycles. The molecule has 0 radical (unpaired) electrons. The van der Waals surface area contributed by atoms with E-state index in [-0.39, 0.29) is 10.7 Å². The number of para-hydroxylation sites is 1. The summed E-state index contributed by atoms with van der Waals surface area (Å²) >= 11 is 0. The summed E-state index contributed by atoms with van der Waals surface area (Å²) in [6, 6.07) is 14.0. The van der Waals surface area contributed by atoms with E-state index in [1.54, 1.807) is 16.8 Å². The fraction of sp³-hybridized carbons (Fsp3) is 0.200. The molecule has 7 nitrogen and oxygen atoms in total. The number of rotatable bonds is 5. The third-order valence-corrected chi connectivity index (χ3v) is 6.00. The molecule has 0 fully saturated rings. The summed E-state index contributed by atoms with van der Waals surface area (Å²) in [4.78, 5) is 4.88. The molecule has 2 heterocycles. The normalized spacial score (nSPS) is 11.8. The summed E-state index contributed by atoms with van der Waals surface area (Å²) in [5, 5.41) is 6.05. The van der Waals surface area contributed by atoms with Crippen LogP contribution in [0.5, 0.6) is 5.75 Å². The summed E-state index contributed by atoms with van der Waals surface area (Å²) in [6.45, 7) is 4.52. The summed E-state index contributed by atoms with van der Waals surface area (Å²) < 4.78 is 35.1. The van der Waals surface area contributed by atoms with E-state index in [0.29, 0.717) is 23.3 Å². The molecule has 0 aliphatic carbocycles. The van der Waals surface area contributed by atoms with Crippen molar-refractivity contribution in [1.82, 2.24) is 14.8 Å². The third kappa shape index (κ3) is 3.05. The fourth-order valence-corrected chi connectivity index (χ4v) is 4.18. The van der Waals surface area contributed by atoms with Crippen LogP contribution in [0.25, 0.3) is 21.9 Å². The highest BCUT2D eigenvalue weighted by molar-refractivity contribution is 7.92. The summed E-state index contributed by atoms with van der Waals surface area (Å²) in [5.74, 6) is 0.856. The quantitative estimate of drug-likeness (QED) is 0.556. The molecule has 28 heavy (non-hydrogen) atoms. The van der Waals surface area contributed by atoms with Gasteiger partial charge in [0.25, 0.3) is 10.0 Å². The number of anilines is 1. The molecule has 1 N–H and O–H groups in total. The lowest BCUT2D eigenvalue weighted by Crippen LogP contribution is -2.13. The topological polar surface area (TPSA) is 86.1 Å². The van der Waals surface area contributed by atoms with Gasteiger partial charge in [0.15, 0.2) is 11.5 Å². The zero-order chi connectivity index (χ0) is 19.9. The van der Waals surface area contributed by atoms with Gasteiger partial charge in [-0.2, -0.15) is 5.10 Å². The first kappa shape index (κ1) is 18.2. The molecule has 0 amide bonds. The summed E-state index contributed by atoms with van der Waals surface area (Å²) in [6.07, 6.45) is 0. The number of aryl methyl sites for hydroxylation is 2. The van der Waals surface area contributed by atoms with Gasteiger partial charge < -0.3 is 4.74 Å². The first-order valence-electron chi connectivity index (χ1n) is 8.86. The average Bonchev–Trinajstić information content (AvgIpc) is 3.03. The summed E-state index contributed by atoms with van der Waals surface area (Å²) in [7, 11) is -2.26. The summed E-state index contributed by atoms with van der Waals surface area (Å²) in [5.41, 5.74) is 2.59. The second kappa shape index (κ2) is 6.79. The van der Waals surface area contributed by atoms with Crippen LogP contribution in [-0.2, 0) is 16.6 Å². The largest absolute Gasteiger partial charge is 0.497 e. The number of hydrogen-bond donors (Lipinski definition) is 1. The number of fused-ring (bicyclic) bond motifs is 2. The van der Waals surface area contributed by atoms with Gasteiger partial charge >= 0.3 is 0 Å². The maximum atomic E-state index is 12.8. The van der Waals surface area contributed by atoms with E-state index in [4.69, 9.17) is 9.72 Å². The van der Waals surface area contributed by atoms with Gasteiger partial charge in [0, 0.05) is 11.9 Å². The van der Waals surface area contributed by atoms with Crippen LogP contribution < -0.4 is 9.46 Å². The first-order chi connectivity index (χ1) is 13.4. The Labute approximate surface area is 163 Å². The third-order valence-electron chi connectivity index (χ3n) is 4.65. The lowest BCUT2D eigenvalue weighted by Gasteiger charge is -2.07. The van der Waals surface area contributed by atoms with Crippen LogP contribution in [-0.4, -0.2) is 30.3 Å². The number of aromatic nitrogens is 3. The molecule has 0 unspecified atom stereocenters. The number of hydrogen-bond acceptors (Lipinski definition) is 5. The highest BCUT2D eigenvalue weighted by Gasteiger charge is 2.20. The van der Waals surface area contributed by atoms with Gasteiger partial charge in [-0.1, -0.05) is 18.2 Å². The molecular formula is C20H20N4O3S. The molecule has 0 spiro atoms. The van der Waals surface area contributed by atoms with Crippen LogP contribution in [0, 0.1) is 6.92 Å². The van der Waals surface area contributed by atoms with Crippen molar-refractivity contribution >= 4 is 37.8 Å². The maximum absolute atomic E-state index is 12.8. The Hall–Kier alpha value is -3.13. The van der Waals surface area contributed by atoms with Crippen molar-refractivity contribution in [2.75, 3.05) is 11.8 Å². The molecule has 4 aromatic rings. The minimum absolute atomic E-state index is 0.136. The SMILES string of the molecule is CCn1nc(NS(=O)(=O)c2ccc(OC)cc2)c2cc3cccc(C)c3nc21. The van der Waals surface area contributed by atoms with Crippen molar-refractivity contribution in [1.29, 1.82) is 0 Å². The Morgan fingerprint density at radius 2 is 1.89 bits per heavy atom. The molecule has 0 saturated carbocycles. The minimum atomic E-state index is -3.80. The monoisotopic (exact) mass is 396 g/mol. The Morgan fingerprint density at radius 1 is 1.14 bits per heavy atom. The van der Waals surface area contributed by atoms with Gasteiger partial charge in [0.1, 0.15) is 5.75 Å². The average molecular weight is 396 g/mol. The minimum Gasteiger partial charge on any atom is -0.497 e. The van der Waals surface area contributed by atoms with Gasteiger partial charge in [0.05, 0.1) is 22.9 Å². The van der Waals surface area contributed by atoms with Crippen LogP contribution in [0.2, 0.25) is 0 Å². The number of nitrogens with zero attached hydrogens (tertiary/aromatic N) is 3. The van der Waals surface area contributed by atoms with E-state index in [2.05, 4.69) is 9.82 Å². The highest BCUT2D eigenvalue weighted by Crippen LogP contribution is 2.29. The van der Waals surface area contributed by atoms with E-state index >= 15 is 0 Å². The molecule has 2 aromatic heterocycles. The van der Waals surface area contributed by atoms with Crippen LogP contribution >= 0.6 is 0 Å². The van der Waals surface area contributed by atoms with E-state index in [9.17, 15) is 8.42 Å². The van der Waals surface area contributed by atoms with Gasteiger partial charge in [-0.3, -0.25) is 4.72 Å². The second-order valence-corrected chi connectivity index (χ2v) is 8.13. The molecule has 0 bridgehead atoms. The van der Waals surface area contributed by atoms with E-state index < -0.39 is 10.0 Å². The lowest BCUT2D eigenvalue weighted by molar-refractivity contribution is 0.414. The Bertz CT molecular complexity index is 1280. The maximum Gasteiger partial charge on any atom is 0.263 e. The molecule has 0 saturated heterocycles. The van der Waals surface area contributed by atoms with Crippen molar-refractivity contribution in [3.63, 3.8) is 0 Å². The van der Waals surface area contributed by atoms with E-state index in [0.717, 1.165) is 16.5 Å². The molecule has 0 aliphatic heterocycles. The zero-order valence-corrected chi connectivity index (χ0v) is 16.6. The standard InChI is InChI=1S/C20H20N4O3S/c1-4-24-20-17(12-14-7-5-6-13(2)18(14)21-20)19(22-24)23-28(25,26)16-10-8-15(27-3)9-11-16/h5-12H,4H2,1-3H3,(H,22,23). The molecular weight excluding hydrogens is 376 g/mol. The Morgan fingerprint density at radius 3 is 2.57 bits per heavy atom. The van der Waals surface area contributed by atoms with Crippen LogP contribution in [0.3, 0.4) is 0 Å². The van der Waals surface area contributed by atoms with Crippen molar-refractivity contribution in [2.45, 2.75) is 25.3 Å². The predicted molar refractivity (Wildman–Crippen MR) is 109 cm³/mol. The number of ether oxygens (including phenoxy) is 1. The van der Waals surface area contributed by atoms with Crippen molar-refractivity contribution in [3.05, 3.63) is 54.1 Å². The molecule has 8 heteroatoms. The van der Waals surface area contributed by atoms with E-state index in [1.165, 1.54) is 19.2 Å². The first-order valence-corrected chi connectivity index (χ1v) is 10.3. The van der Waals surface area contributed by atoms with Crippen molar-refractivity contribution < 1.29 is 13.2 Å². The Balaban J connectivity index is 1.83. The highest BCUT2D eigenvalue weighted by atomic mass is 32.2. The van der Waals surface area contributed by atoms with Gasteiger partial charge in [0.2, 0.25) is 0 Å². The van der Waals surface area contributed by atoms with Gasteiger partial charge in [-0.25, -0.2) is 18.1 Å². The number of pyridine rings is 1. The lowest BCUT2D eigenvalue weighted by atomic mass is 10.1. The number of benzene rings is 2. The number of methoxy groups -OCH3 is 1. The van der Waals surface area contributed by atoms with Crippen molar-refractivity contribution in [3.8, 4) is 5.75 Å². The second-order valence-electron chi connectivity index (χ2n) is 6.45. The molecule has 0 aliphatic rings. The fourth-order valence-electron chi connectivity index (χ4n) is 3.17. The Kier molecular flexibility index (Phi) is 4.43. The van der Waals surface area contributed by atoms with E-state index in [1.807, 2.05) is 38.1 Å². The smallest absolute Gasteiger partial charge is 0.263 e. The molecule has 0 atom stereocenters. The van der Waals surface area contributed by atoms with Crippen LogP contribution in [0.4, 0.5) is 5.82 Å². The van der Waals surface area contributed by atoms with Crippen LogP contribution in [0.15, 0.2) is 53.4 Å². The number of sulfonamides is 1. The molecule has 144 valence electrons. The van der Waals surface area contributed by atoms with Crippen molar-refractivity contribution in [2.24, 2.45) is 0 Å². The number of nitrogens with one attached hydrogen (secondary N) is 1. The predicted octanol–water partition coefficient (Wildman–Crippen LogP) is 3.72.